The molecule has 1 aromatic carbocycles. The highest BCUT2D eigenvalue weighted by atomic mass is 16.7. The molecule has 0 spiro atoms. The average Bonchev–Trinajstić information content (AvgIpc) is 2.81. The molecule has 2 atom stereocenters. The van der Waals surface area contributed by atoms with E-state index in [1.807, 2.05) is 12.1 Å². The first-order valence-corrected chi connectivity index (χ1v) is 7.45. The topological polar surface area (TPSA) is 30.5 Å². The molecule has 0 saturated heterocycles. The van der Waals surface area contributed by atoms with E-state index >= 15 is 0 Å². The molecule has 0 aromatic heterocycles. The zero-order valence-corrected chi connectivity index (χ0v) is 11.7. The van der Waals surface area contributed by atoms with E-state index in [-0.39, 0.29) is 0 Å². The van der Waals surface area contributed by atoms with Gasteiger partial charge in [-0.25, -0.2) is 0 Å². The summed E-state index contributed by atoms with van der Waals surface area (Å²) in [5.74, 6) is 2.58. The van der Waals surface area contributed by atoms with Gasteiger partial charge >= 0.3 is 0 Å². The Morgan fingerprint density at radius 1 is 1.16 bits per heavy atom. The van der Waals surface area contributed by atoms with Crippen LogP contribution in [0.25, 0.3) is 0 Å². The summed E-state index contributed by atoms with van der Waals surface area (Å²) >= 11 is 0. The smallest absolute Gasteiger partial charge is 0.231 e. The molecule has 3 heteroatoms. The van der Waals surface area contributed by atoms with Crippen molar-refractivity contribution in [2.75, 3.05) is 6.79 Å². The van der Waals surface area contributed by atoms with Gasteiger partial charge in [0, 0.05) is 18.2 Å². The molecule has 2 aliphatic rings. The third-order valence-corrected chi connectivity index (χ3v) is 4.39. The Labute approximate surface area is 115 Å². The van der Waals surface area contributed by atoms with Crippen LogP contribution in [-0.2, 0) is 6.54 Å². The van der Waals surface area contributed by atoms with E-state index in [4.69, 9.17) is 9.47 Å². The molecule has 3 nitrogen and oxygen atoms in total. The maximum atomic E-state index is 5.56. The van der Waals surface area contributed by atoms with Crippen molar-refractivity contribution in [1.82, 2.24) is 5.32 Å². The molecular formula is C16H23NO2. The van der Waals surface area contributed by atoms with Crippen LogP contribution in [0, 0.1) is 5.92 Å². The lowest BCUT2D eigenvalue weighted by Gasteiger charge is -2.23. The Kier molecular flexibility index (Phi) is 3.92. The molecule has 0 amide bonds. The van der Waals surface area contributed by atoms with E-state index in [0.29, 0.717) is 12.8 Å². The van der Waals surface area contributed by atoms with Crippen molar-refractivity contribution < 1.29 is 9.47 Å². The number of hydrogen-bond acceptors (Lipinski definition) is 3. The lowest BCUT2D eigenvalue weighted by atomic mass is 9.96. The number of ether oxygens (including phenoxy) is 2. The number of fused-ring (bicyclic) bond motifs is 1. The monoisotopic (exact) mass is 261 g/mol. The first-order chi connectivity index (χ1) is 9.34. The number of benzene rings is 1. The summed E-state index contributed by atoms with van der Waals surface area (Å²) in [4.78, 5) is 0. The summed E-state index contributed by atoms with van der Waals surface area (Å²) in [7, 11) is 0. The largest absolute Gasteiger partial charge is 0.454 e. The zero-order valence-electron chi connectivity index (χ0n) is 11.7. The van der Waals surface area contributed by atoms with Crippen LogP contribution < -0.4 is 14.8 Å². The van der Waals surface area contributed by atoms with E-state index in [2.05, 4.69) is 18.3 Å². The standard InChI is InChI=1S/C16H23NO2/c1-12-6-3-2-4-8-14(12)17-10-13-7-5-9-15-16(13)19-11-18-15/h5,7,9,12,14,17H,2-4,6,8,10-11H2,1H3. The van der Waals surface area contributed by atoms with Crippen molar-refractivity contribution in [1.29, 1.82) is 0 Å². The third kappa shape index (κ3) is 2.86. The molecule has 2 unspecified atom stereocenters. The number of nitrogens with one attached hydrogen (secondary N) is 1. The van der Waals surface area contributed by atoms with Crippen LogP contribution >= 0.6 is 0 Å². The van der Waals surface area contributed by atoms with Crippen LogP contribution in [0.2, 0.25) is 0 Å². The molecule has 104 valence electrons. The summed E-state index contributed by atoms with van der Waals surface area (Å²) in [6, 6.07) is 6.78. The van der Waals surface area contributed by atoms with Gasteiger partial charge in [0.15, 0.2) is 11.5 Å². The van der Waals surface area contributed by atoms with Gasteiger partial charge in [0.2, 0.25) is 6.79 Å². The second-order valence-corrected chi connectivity index (χ2v) is 5.75. The lowest BCUT2D eigenvalue weighted by Crippen LogP contribution is -2.33. The Balaban J connectivity index is 1.64. The maximum absolute atomic E-state index is 5.56. The van der Waals surface area contributed by atoms with E-state index in [9.17, 15) is 0 Å². The van der Waals surface area contributed by atoms with Crippen molar-refractivity contribution in [2.24, 2.45) is 5.92 Å². The summed E-state index contributed by atoms with van der Waals surface area (Å²) in [6.07, 6.45) is 6.78. The molecule has 1 aliphatic heterocycles. The highest BCUT2D eigenvalue weighted by Gasteiger charge is 2.21. The van der Waals surface area contributed by atoms with Crippen molar-refractivity contribution >= 4 is 0 Å². The Morgan fingerprint density at radius 2 is 2.05 bits per heavy atom. The molecule has 0 bridgehead atoms. The fourth-order valence-corrected chi connectivity index (χ4v) is 3.17. The van der Waals surface area contributed by atoms with Gasteiger partial charge in [-0.2, -0.15) is 0 Å². The fourth-order valence-electron chi connectivity index (χ4n) is 3.17. The predicted octanol–water partition coefficient (Wildman–Crippen LogP) is 3.47. The van der Waals surface area contributed by atoms with Crippen molar-refractivity contribution in [3.05, 3.63) is 23.8 Å². The minimum absolute atomic E-state index is 0.353. The third-order valence-electron chi connectivity index (χ3n) is 4.39. The van der Waals surface area contributed by atoms with Crippen molar-refractivity contribution in [2.45, 2.75) is 51.6 Å². The maximum Gasteiger partial charge on any atom is 0.231 e. The second-order valence-electron chi connectivity index (χ2n) is 5.75. The average molecular weight is 261 g/mol. The van der Waals surface area contributed by atoms with Gasteiger partial charge in [-0.15, -0.1) is 0 Å². The van der Waals surface area contributed by atoms with E-state index in [0.717, 1.165) is 24.0 Å². The minimum atomic E-state index is 0.353. The van der Waals surface area contributed by atoms with Crippen LogP contribution in [0.15, 0.2) is 18.2 Å². The molecule has 1 aromatic rings. The number of hydrogen-bond donors (Lipinski definition) is 1. The van der Waals surface area contributed by atoms with E-state index < -0.39 is 0 Å². The molecule has 19 heavy (non-hydrogen) atoms. The highest BCUT2D eigenvalue weighted by Crippen LogP contribution is 2.35. The Bertz CT molecular complexity index is 433. The number of para-hydroxylation sites is 1. The molecule has 1 saturated carbocycles. The molecular weight excluding hydrogens is 238 g/mol. The quantitative estimate of drug-likeness (QED) is 0.845. The normalized spacial score (nSPS) is 26.2. The van der Waals surface area contributed by atoms with Gasteiger partial charge in [-0.05, 0) is 24.8 Å². The summed E-state index contributed by atoms with van der Waals surface area (Å²) < 4.78 is 11.0. The predicted molar refractivity (Wildman–Crippen MR) is 75.4 cm³/mol. The van der Waals surface area contributed by atoms with E-state index in [1.165, 1.54) is 37.7 Å². The first-order valence-electron chi connectivity index (χ1n) is 7.45. The Morgan fingerprint density at radius 3 is 3.00 bits per heavy atom. The van der Waals surface area contributed by atoms with Gasteiger partial charge in [0.25, 0.3) is 0 Å². The van der Waals surface area contributed by atoms with Gasteiger partial charge in [-0.3, -0.25) is 0 Å². The summed E-state index contributed by atoms with van der Waals surface area (Å²) in [6.45, 7) is 3.60. The van der Waals surface area contributed by atoms with Crippen molar-refractivity contribution in [3.8, 4) is 11.5 Å². The summed E-state index contributed by atoms with van der Waals surface area (Å²) in [5, 5.41) is 3.72. The lowest BCUT2D eigenvalue weighted by molar-refractivity contribution is 0.173. The molecule has 1 N–H and O–H groups in total. The van der Waals surface area contributed by atoms with Crippen LogP contribution in [0.5, 0.6) is 11.5 Å². The van der Waals surface area contributed by atoms with Crippen LogP contribution in [0.4, 0.5) is 0 Å². The van der Waals surface area contributed by atoms with Crippen LogP contribution in [-0.4, -0.2) is 12.8 Å². The highest BCUT2D eigenvalue weighted by molar-refractivity contribution is 5.48. The molecule has 1 heterocycles. The van der Waals surface area contributed by atoms with Gasteiger partial charge in [0.1, 0.15) is 0 Å². The number of rotatable bonds is 3. The molecule has 1 aliphatic carbocycles. The SMILES string of the molecule is CC1CCCCCC1NCc1cccc2c1OCO2. The molecule has 3 rings (SSSR count). The first kappa shape index (κ1) is 12.8. The van der Waals surface area contributed by atoms with Crippen LogP contribution in [0.3, 0.4) is 0 Å². The molecule has 0 radical (unpaired) electrons. The van der Waals surface area contributed by atoms with Gasteiger partial charge < -0.3 is 14.8 Å². The van der Waals surface area contributed by atoms with E-state index in [1.54, 1.807) is 0 Å². The van der Waals surface area contributed by atoms with Crippen LogP contribution in [0.1, 0.15) is 44.6 Å². The van der Waals surface area contributed by atoms with Gasteiger partial charge in [-0.1, -0.05) is 38.3 Å². The molecule has 1 fully saturated rings. The summed E-state index contributed by atoms with van der Waals surface area (Å²) in [5.41, 5.74) is 1.21. The Hall–Kier alpha value is -1.22. The fraction of sp³-hybridized carbons (Fsp3) is 0.625. The minimum Gasteiger partial charge on any atom is -0.454 e. The second kappa shape index (κ2) is 5.83. The zero-order chi connectivity index (χ0) is 13.1. The van der Waals surface area contributed by atoms with Gasteiger partial charge in [0.05, 0.1) is 0 Å². The van der Waals surface area contributed by atoms with Crippen molar-refractivity contribution in [3.63, 3.8) is 0 Å².